The first-order valence-corrected chi connectivity index (χ1v) is 17.1. The molecular weight excluding hydrogens is 612 g/mol. The van der Waals surface area contributed by atoms with Crippen molar-refractivity contribution in [2.75, 3.05) is 5.75 Å². The minimum atomic E-state index is -0.533. The van der Waals surface area contributed by atoms with Crippen molar-refractivity contribution < 1.29 is 29.4 Å². The Morgan fingerprint density at radius 2 is 1.45 bits per heavy atom. The number of carbonyl (C=O) groups excluding carboxylic acids is 2. The highest BCUT2D eigenvalue weighted by atomic mass is 32.2. The second kappa shape index (κ2) is 17.8. The molecule has 47 heavy (non-hydrogen) atoms. The number of aliphatic hydroxyl groups is 1. The van der Waals surface area contributed by atoms with Gasteiger partial charge in [0.05, 0.1) is 18.8 Å². The summed E-state index contributed by atoms with van der Waals surface area (Å²) in [6.07, 6.45) is 2.70. The zero-order valence-corrected chi connectivity index (χ0v) is 27.2. The van der Waals surface area contributed by atoms with Crippen LogP contribution in [0.15, 0.2) is 108 Å². The molecule has 2 amide bonds. The van der Waals surface area contributed by atoms with Gasteiger partial charge in [0.25, 0.3) is 0 Å². The number of amides is 2. The monoisotopic (exact) mass is 654 g/mol. The van der Waals surface area contributed by atoms with Crippen LogP contribution in [0.3, 0.4) is 0 Å². The van der Waals surface area contributed by atoms with Gasteiger partial charge in [0.2, 0.25) is 11.8 Å². The number of benzene rings is 4. The summed E-state index contributed by atoms with van der Waals surface area (Å²) in [6.45, 7) is 0.417. The van der Waals surface area contributed by atoms with Crippen LogP contribution in [0.1, 0.15) is 73.2 Å². The molecule has 9 heteroatoms. The molecule has 1 fully saturated rings. The van der Waals surface area contributed by atoms with Crippen LogP contribution in [0, 0.1) is 0 Å². The smallest absolute Gasteiger partial charge is 0.243 e. The van der Waals surface area contributed by atoms with E-state index >= 15 is 0 Å². The van der Waals surface area contributed by atoms with E-state index in [-0.39, 0.29) is 31.1 Å². The Morgan fingerprint density at radius 1 is 0.766 bits per heavy atom. The lowest BCUT2D eigenvalue weighted by molar-refractivity contribution is -0.245. The molecule has 0 unspecified atom stereocenters. The third-order valence-electron chi connectivity index (χ3n) is 8.21. The molecule has 0 bridgehead atoms. The fourth-order valence-electron chi connectivity index (χ4n) is 5.59. The highest BCUT2D eigenvalue weighted by Crippen LogP contribution is 2.40. The maximum absolute atomic E-state index is 12.5. The second-order valence-corrected chi connectivity index (χ2v) is 12.7. The van der Waals surface area contributed by atoms with Crippen LogP contribution in [-0.4, -0.2) is 34.0 Å². The molecule has 0 aromatic heterocycles. The summed E-state index contributed by atoms with van der Waals surface area (Å²) in [6, 6.07) is 34.5. The van der Waals surface area contributed by atoms with Gasteiger partial charge in [-0.2, -0.15) is 0 Å². The zero-order valence-electron chi connectivity index (χ0n) is 26.3. The third-order valence-corrected chi connectivity index (χ3v) is 9.36. The lowest BCUT2D eigenvalue weighted by atomic mass is 9.97. The fourth-order valence-corrected chi connectivity index (χ4v) is 6.53. The largest absolute Gasteiger partial charge is 0.392 e. The van der Waals surface area contributed by atoms with Gasteiger partial charge in [-0.15, -0.1) is 11.8 Å². The number of ether oxygens (including phenoxy) is 2. The van der Waals surface area contributed by atoms with E-state index in [2.05, 4.69) is 35.6 Å². The normalized spacial score (nSPS) is 17.6. The molecule has 0 spiro atoms. The summed E-state index contributed by atoms with van der Waals surface area (Å²) < 4.78 is 13.1. The number of nitrogens with one attached hydrogen (secondary N) is 2. The SMILES string of the molecule is O=C(CCCCCC(=O)NCc1ccccc1-c1ccc([C@@H]2O[C@H](CSc3ccccc3)C[C@H](c3ccc(CO)cc3)O2)cc1)NO. The summed E-state index contributed by atoms with van der Waals surface area (Å²) >= 11 is 1.78. The number of aliphatic hydroxyl groups excluding tert-OH is 1. The second-order valence-electron chi connectivity index (χ2n) is 11.6. The molecule has 0 radical (unpaired) electrons. The maximum atomic E-state index is 12.5. The number of rotatable bonds is 15. The summed E-state index contributed by atoms with van der Waals surface area (Å²) in [5.41, 5.74) is 7.58. The minimum absolute atomic E-state index is 0.00474. The average molecular weight is 655 g/mol. The molecule has 1 saturated heterocycles. The highest BCUT2D eigenvalue weighted by Gasteiger charge is 2.32. The van der Waals surface area contributed by atoms with Crippen LogP contribution in [-0.2, 0) is 32.2 Å². The number of carbonyl (C=O) groups is 2. The number of unbranched alkanes of at least 4 members (excludes halogenated alkanes) is 2. The number of thioether (sulfide) groups is 1. The predicted octanol–water partition coefficient (Wildman–Crippen LogP) is 7.26. The van der Waals surface area contributed by atoms with Gasteiger partial charge in [0, 0.05) is 42.0 Å². The van der Waals surface area contributed by atoms with Crippen LogP contribution in [0.4, 0.5) is 0 Å². The van der Waals surface area contributed by atoms with Crippen LogP contribution in [0.2, 0.25) is 0 Å². The molecule has 4 aromatic carbocycles. The van der Waals surface area contributed by atoms with E-state index in [1.807, 2.05) is 72.8 Å². The predicted molar refractivity (Wildman–Crippen MR) is 182 cm³/mol. The van der Waals surface area contributed by atoms with Gasteiger partial charge < -0.3 is 19.9 Å². The van der Waals surface area contributed by atoms with Crippen molar-refractivity contribution in [1.29, 1.82) is 0 Å². The summed E-state index contributed by atoms with van der Waals surface area (Å²) in [5, 5.41) is 21.1. The maximum Gasteiger partial charge on any atom is 0.243 e. The Bertz CT molecular complexity index is 1570. The Balaban J connectivity index is 1.23. The first-order valence-electron chi connectivity index (χ1n) is 16.1. The Hall–Kier alpha value is -3.99. The molecule has 1 aliphatic heterocycles. The van der Waals surface area contributed by atoms with E-state index in [0.29, 0.717) is 25.8 Å². The number of hydrogen-bond acceptors (Lipinski definition) is 7. The Morgan fingerprint density at radius 3 is 2.17 bits per heavy atom. The van der Waals surface area contributed by atoms with Gasteiger partial charge in [0.15, 0.2) is 6.29 Å². The van der Waals surface area contributed by atoms with Crippen molar-refractivity contribution in [2.45, 2.75) is 75.1 Å². The quantitative estimate of drug-likeness (QED) is 0.0462. The highest BCUT2D eigenvalue weighted by molar-refractivity contribution is 7.99. The van der Waals surface area contributed by atoms with Crippen molar-refractivity contribution in [3.05, 3.63) is 125 Å². The minimum Gasteiger partial charge on any atom is -0.392 e. The zero-order chi connectivity index (χ0) is 32.8. The third kappa shape index (κ3) is 10.2. The van der Waals surface area contributed by atoms with E-state index in [1.165, 1.54) is 4.90 Å². The lowest BCUT2D eigenvalue weighted by Gasteiger charge is -2.36. The van der Waals surface area contributed by atoms with Gasteiger partial charge in [-0.1, -0.05) is 97.4 Å². The van der Waals surface area contributed by atoms with Crippen molar-refractivity contribution in [3.63, 3.8) is 0 Å². The molecule has 8 nitrogen and oxygen atoms in total. The molecule has 1 aliphatic rings. The molecule has 1 heterocycles. The van der Waals surface area contributed by atoms with Gasteiger partial charge in [-0.25, -0.2) is 5.48 Å². The van der Waals surface area contributed by atoms with E-state index in [4.69, 9.17) is 14.7 Å². The average Bonchev–Trinajstić information content (AvgIpc) is 3.13. The van der Waals surface area contributed by atoms with Gasteiger partial charge >= 0.3 is 0 Å². The molecule has 4 N–H and O–H groups in total. The lowest BCUT2D eigenvalue weighted by Crippen LogP contribution is -2.31. The molecule has 0 aliphatic carbocycles. The fraction of sp³-hybridized carbons (Fsp3) is 0.316. The van der Waals surface area contributed by atoms with Crippen molar-refractivity contribution >= 4 is 23.6 Å². The van der Waals surface area contributed by atoms with Gasteiger partial charge in [-0.05, 0) is 52.8 Å². The van der Waals surface area contributed by atoms with Crippen LogP contribution >= 0.6 is 11.8 Å². The van der Waals surface area contributed by atoms with Crippen molar-refractivity contribution in [3.8, 4) is 11.1 Å². The Labute approximate surface area is 280 Å². The van der Waals surface area contributed by atoms with Crippen LogP contribution in [0.5, 0.6) is 0 Å². The first-order chi connectivity index (χ1) is 23.0. The molecule has 4 aromatic rings. The van der Waals surface area contributed by atoms with Crippen LogP contribution < -0.4 is 10.8 Å². The summed E-state index contributed by atoms with van der Waals surface area (Å²) in [4.78, 5) is 24.8. The van der Waals surface area contributed by atoms with Gasteiger partial charge in [0.1, 0.15) is 0 Å². The number of hydrogen-bond donors (Lipinski definition) is 4. The van der Waals surface area contributed by atoms with Crippen LogP contribution in [0.25, 0.3) is 11.1 Å². The van der Waals surface area contributed by atoms with Gasteiger partial charge in [-0.3, -0.25) is 14.8 Å². The van der Waals surface area contributed by atoms with Crippen molar-refractivity contribution in [1.82, 2.24) is 10.8 Å². The molecule has 0 saturated carbocycles. The Kier molecular flexibility index (Phi) is 13.0. The summed E-state index contributed by atoms with van der Waals surface area (Å²) in [5.74, 6) is 0.357. The topological polar surface area (TPSA) is 117 Å². The van der Waals surface area contributed by atoms with Crippen molar-refractivity contribution in [2.24, 2.45) is 0 Å². The van der Waals surface area contributed by atoms with E-state index in [0.717, 1.165) is 52.0 Å². The van der Waals surface area contributed by atoms with E-state index in [9.17, 15) is 14.7 Å². The molecule has 5 rings (SSSR count). The van der Waals surface area contributed by atoms with E-state index in [1.54, 1.807) is 17.2 Å². The molecule has 246 valence electrons. The number of hydroxylamine groups is 1. The standard InChI is InChI=1S/C38H42N2O6S/c41-25-27-15-17-29(18-16-27)35-23-32(26-47-33-10-3-1-4-11-33)45-38(46-35)30-21-19-28(20-22-30)34-12-8-7-9-31(34)24-39-36(42)13-5-2-6-14-37(43)40-44/h1,3-4,7-12,15-22,32,35,38,41,44H,2,5-6,13-14,23-26H2,(H,39,42)(H,40,43)/t32-,35+,38+/m0/s1. The summed E-state index contributed by atoms with van der Waals surface area (Å²) in [7, 11) is 0. The van der Waals surface area contributed by atoms with E-state index < -0.39 is 12.2 Å². The molecular formula is C38H42N2O6S. The first kappa shape index (κ1) is 34.3. The molecule has 3 atom stereocenters.